The molecule has 1 rings (SSSR count). The van der Waals surface area contributed by atoms with E-state index in [1.807, 2.05) is 32.1 Å². The molecule has 0 saturated heterocycles. The van der Waals surface area contributed by atoms with Gasteiger partial charge < -0.3 is 5.11 Å². The first-order chi connectivity index (χ1) is 7.56. The third-order valence-corrected chi connectivity index (χ3v) is 2.98. The van der Waals surface area contributed by atoms with E-state index in [0.29, 0.717) is 5.56 Å². The maximum absolute atomic E-state index is 11.0. The second kappa shape index (κ2) is 5.47. The molecular weight excluding hydrogens is 220 g/mol. The quantitative estimate of drug-likeness (QED) is 0.800. The fraction of sp³-hybridized carbons (Fsp3) is 0.154. The Morgan fingerprint density at radius 2 is 2.19 bits per heavy atom. The van der Waals surface area contributed by atoms with Gasteiger partial charge in [-0.25, -0.2) is 4.79 Å². The summed E-state index contributed by atoms with van der Waals surface area (Å²) in [6, 6.07) is 1.63. The monoisotopic (exact) mass is 234 g/mol. The van der Waals surface area contributed by atoms with Crippen LogP contribution in [0.15, 0.2) is 41.8 Å². The number of thiophene rings is 1. The van der Waals surface area contributed by atoms with Crippen molar-refractivity contribution in [2.75, 3.05) is 0 Å². The van der Waals surface area contributed by atoms with Crippen molar-refractivity contribution in [3.8, 4) is 0 Å². The van der Waals surface area contributed by atoms with Gasteiger partial charge in [-0.15, -0.1) is 11.3 Å². The number of carboxylic acid groups (broad SMARTS) is 1. The number of hydrogen-bond acceptors (Lipinski definition) is 2. The molecule has 16 heavy (non-hydrogen) atoms. The molecule has 0 bridgehead atoms. The van der Waals surface area contributed by atoms with E-state index in [9.17, 15) is 4.79 Å². The lowest BCUT2D eigenvalue weighted by molar-refractivity contribution is 0.0697. The van der Waals surface area contributed by atoms with Gasteiger partial charge in [-0.3, -0.25) is 0 Å². The first-order valence-electron chi connectivity index (χ1n) is 4.87. The van der Waals surface area contributed by atoms with Gasteiger partial charge in [0.2, 0.25) is 0 Å². The van der Waals surface area contributed by atoms with Crippen LogP contribution in [0.2, 0.25) is 0 Å². The van der Waals surface area contributed by atoms with Crippen LogP contribution in [0.1, 0.15) is 29.1 Å². The largest absolute Gasteiger partial charge is 0.478 e. The summed E-state index contributed by atoms with van der Waals surface area (Å²) in [4.78, 5) is 11.8. The van der Waals surface area contributed by atoms with Crippen molar-refractivity contribution in [2.45, 2.75) is 13.8 Å². The lowest BCUT2D eigenvalue weighted by Gasteiger charge is -2.00. The Morgan fingerprint density at radius 1 is 1.50 bits per heavy atom. The molecular formula is C13H14O2S. The second-order valence-corrected chi connectivity index (χ2v) is 4.31. The average molecular weight is 234 g/mol. The number of carbonyl (C=O) groups is 1. The van der Waals surface area contributed by atoms with Crippen molar-refractivity contribution in [2.24, 2.45) is 0 Å². The van der Waals surface area contributed by atoms with Crippen LogP contribution in [0.5, 0.6) is 0 Å². The number of carboxylic acids is 1. The van der Waals surface area contributed by atoms with E-state index in [1.165, 1.54) is 11.3 Å². The Hall–Kier alpha value is -1.61. The van der Waals surface area contributed by atoms with Crippen LogP contribution in [-0.2, 0) is 0 Å². The highest BCUT2D eigenvalue weighted by Crippen LogP contribution is 2.26. The minimum absolute atomic E-state index is 0.351. The molecule has 0 aliphatic rings. The first kappa shape index (κ1) is 12.5. The van der Waals surface area contributed by atoms with Gasteiger partial charge in [0.25, 0.3) is 0 Å². The molecule has 0 aliphatic carbocycles. The zero-order valence-corrected chi connectivity index (χ0v) is 10.2. The summed E-state index contributed by atoms with van der Waals surface area (Å²) >= 11 is 1.43. The van der Waals surface area contributed by atoms with Gasteiger partial charge in [-0.2, -0.15) is 0 Å². The van der Waals surface area contributed by atoms with Gasteiger partial charge in [-0.05, 0) is 30.9 Å². The van der Waals surface area contributed by atoms with E-state index in [4.69, 9.17) is 5.11 Å². The van der Waals surface area contributed by atoms with Crippen LogP contribution in [0, 0.1) is 0 Å². The van der Waals surface area contributed by atoms with Crippen molar-refractivity contribution in [1.29, 1.82) is 0 Å². The first-order valence-corrected chi connectivity index (χ1v) is 5.75. The lowest BCUT2D eigenvalue weighted by atomic mass is 10.1. The van der Waals surface area contributed by atoms with Crippen LogP contribution in [-0.4, -0.2) is 11.1 Å². The summed E-state index contributed by atoms with van der Waals surface area (Å²) in [6.45, 7) is 7.56. The maximum Gasteiger partial charge on any atom is 0.337 e. The third-order valence-electron chi connectivity index (χ3n) is 2.02. The molecule has 0 fully saturated rings. The molecule has 1 heterocycles. The van der Waals surface area contributed by atoms with Crippen LogP contribution >= 0.6 is 11.3 Å². The molecule has 0 saturated carbocycles. The Labute approximate surface area is 99.2 Å². The number of allylic oxidation sites excluding steroid dienone is 5. The van der Waals surface area contributed by atoms with Crippen LogP contribution in [0.4, 0.5) is 0 Å². The fourth-order valence-corrected chi connectivity index (χ4v) is 2.18. The summed E-state index contributed by atoms with van der Waals surface area (Å²) < 4.78 is 0. The van der Waals surface area contributed by atoms with E-state index in [1.54, 1.807) is 11.4 Å². The fourth-order valence-electron chi connectivity index (χ4n) is 1.24. The van der Waals surface area contributed by atoms with Gasteiger partial charge in [0.15, 0.2) is 0 Å². The zero-order chi connectivity index (χ0) is 12.1. The maximum atomic E-state index is 11.0. The topological polar surface area (TPSA) is 37.3 Å². The predicted molar refractivity (Wildman–Crippen MR) is 68.9 cm³/mol. The number of rotatable bonds is 4. The minimum atomic E-state index is -0.890. The Morgan fingerprint density at radius 3 is 2.69 bits per heavy atom. The van der Waals surface area contributed by atoms with Crippen LogP contribution < -0.4 is 0 Å². The van der Waals surface area contributed by atoms with E-state index in [-0.39, 0.29) is 0 Å². The van der Waals surface area contributed by atoms with Crippen LogP contribution in [0.3, 0.4) is 0 Å². The van der Waals surface area contributed by atoms with E-state index in [2.05, 4.69) is 6.58 Å². The Balaban J connectivity index is 3.10. The number of aromatic carboxylic acids is 1. The Bertz CT molecular complexity index is 464. The highest BCUT2D eigenvalue weighted by atomic mass is 32.1. The van der Waals surface area contributed by atoms with Gasteiger partial charge in [0.05, 0.1) is 5.56 Å². The van der Waals surface area contributed by atoms with Gasteiger partial charge in [0.1, 0.15) is 0 Å². The SMILES string of the molecule is C=C(C)/C=C\C(=C/C)c1sccc1C(=O)O. The van der Waals surface area contributed by atoms with Crippen molar-refractivity contribution in [3.05, 3.63) is 52.3 Å². The van der Waals surface area contributed by atoms with Crippen molar-refractivity contribution >= 4 is 22.9 Å². The number of hydrogen-bond donors (Lipinski definition) is 1. The third kappa shape index (κ3) is 2.94. The normalized spacial score (nSPS) is 12.0. The summed E-state index contributed by atoms with van der Waals surface area (Å²) in [5, 5.41) is 10.8. The molecule has 0 atom stereocenters. The molecule has 84 valence electrons. The van der Waals surface area contributed by atoms with E-state index < -0.39 is 5.97 Å². The Kier molecular flexibility index (Phi) is 4.26. The van der Waals surface area contributed by atoms with Crippen molar-refractivity contribution < 1.29 is 9.90 Å². The molecule has 3 heteroatoms. The summed E-state index contributed by atoms with van der Waals surface area (Å²) in [5.41, 5.74) is 2.20. The molecule has 2 nitrogen and oxygen atoms in total. The van der Waals surface area contributed by atoms with Gasteiger partial charge in [0, 0.05) is 4.88 Å². The van der Waals surface area contributed by atoms with E-state index >= 15 is 0 Å². The second-order valence-electron chi connectivity index (χ2n) is 3.39. The summed E-state index contributed by atoms with van der Waals surface area (Å²) in [6.07, 6.45) is 5.67. The molecule has 0 spiro atoms. The molecule has 0 radical (unpaired) electrons. The van der Waals surface area contributed by atoms with E-state index in [0.717, 1.165) is 16.0 Å². The predicted octanol–water partition coefficient (Wildman–Crippen LogP) is 3.98. The summed E-state index contributed by atoms with van der Waals surface area (Å²) in [7, 11) is 0. The molecule has 1 aromatic rings. The molecule has 1 N–H and O–H groups in total. The highest BCUT2D eigenvalue weighted by molar-refractivity contribution is 7.11. The van der Waals surface area contributed by atoms with Gasteiger partial charge in [-0.1, -0.05) is 30.4 Å². The molecule has 1 aromatic heterocycles. The zero-order valence-electron chi connectivity index (χ0n) is 9.36. The summed E-state index contributed by atoms with van der Waals surface area (Å²) in [5.74, 6) is -0.890. The van der Waals surface area contributed by atoms with Crippen molar-refractivity contribution in [1.82, 2.24) is 0 Å². The van der Waals surface area contributed by atoms with Crippen molar-refractivity contribution in [3.63, 3.8) is 0 Å². The molecule has 0 aliphatic heterocycles. The standard InChI is InChI=1S/C13H14O2S/c1-4-10(6-5-9(2)3)12-11(13(14)15)7-8-16-12/h4-8H,2H2,1,3H3,(H,14,15)/b6-5-,10-4+. The lowest BCUT2D eigenvalue weighted by Crippen LogP contribution is -1.96. The molecule has 0 unspecified atom stereocenters. The van der Waals surface area contributed by atoms with Gasteiger partial charge >= 0.3 is 5.97 Å². The molecule has 0 amide bonds. The smallest absolute Gasteiger partial charge is 0.337 e. The average Bonchev–Trinajstić information content (AvgIpc) is 2.67. The highest BCUT2D eigenvalue weighted by Gasteiger charge is 2.12. The minimum Gasteiger partial charge on any atom is -0.478 e. The van der Waals surface area contributed by atoms with Crippen LogP contribution in [0.25, 0.3) is 5.57 Å². The molecule has 0 aromatic carbocycles.